The molecule has 0 aliphatic rings. The fourth-order valence-corrected chi connectivity index (χ4v) is 2.68. The second-order valence-electron chi connectivity index (χ2n) is 5.20. The van der Waals surface area contributed by atoms with E-state index < -0.39 is 0 Å². The first-order chi connectivity index (χ1) is 10.2. The lowest BCUT2D eigenvalue weighted by atomic mass is 10.2. The highest BCUT2D eigenvalue weighted by atomic mass is 16.5. The van der Waals surface area contributed by atoms with Crippen molar-refractivity contribution >= 4 is 10.9 Å². The lowest BCUT2D eigenvalue weighted by molar-refractivity contribution is 0.296. The highest BCUT2D eigenvalue weighted by Gasteiger charge is 2.10. The van der Waals surface area contributed by atoms with Gasteiger partial charge in [-0.1, -0.05) is 18.2 Å². The maximum absolute atomic E-state index is 9.97. The Morgan fingerprint density at radius 3 is 2.67 bits per heavy atom. The molecule has 0 atom stereocenters. The molecule has 0 amide bonds. The minimum absolute atomic E-state index is 0.316. The molecule has 0 aliphatic carbocycles. The van der Waals surface area contributed by atoms with Crippen molar-refractivity contribution in [3.8, 4) is 11.5 Å². The maximum atomic E-state index is 9.97. The van der Waals surface area contributed by atoms with Crippen LogP contribution in [0.4, 0.5) is 0 Å². The summed E-state index contributed by atoms with van der Waals surface area (Å²) in [6.45, 7) is 5.48. The number of hydrogen-bond donors (Lipinski definition) is 1. The number of aromatic hydroxyl groups is 1. The first-order valence-corrected chi connectivity index (χ1v) is 7.18. The molecule has 108 valence electrons. The number of nitrogens with zero attached hydrogens (tertiary/aromatic N) is 1. The van der Waals surface area contributed by atoms with Gasteiger partial charge in [-0.3, -0.25) is 0 Å². The zero-order valence-corrected chi connectivity index (χ0v) is 12.3. The Balaban J connectivity index is 1.91. The van der Waals surface area contributed by atoms with E-state index >= 15 is 0 Å². The molecule has 3 heteroatoms. The van der Waals surface area contributed by atoms with Gasteiger partial charge in [-0.05, 0) is 49.7 Å². The van der Waals surface area contributed by atoms with Gasteiger partial charge in [-0.25, -0.2) is 0 Å². The van der Waals surface area contributed by atoms with Gasteiger partial charge in [-0.15, -0.1) is 0 Å². The number of hydrogen-bond acceptors (Lipinski definition) is 2. The Bertz CT molecular complexity index is 774. The highest BCUT2D eigenvalue weighted by molar-refractivity contribution is 5.87. The van der Waals surface area contributed by atoms with Crippen molar-refractivity contribution in [2.75, 3.05) is 0 Å². The smallest absolute Gasteiger partial charge is 0.128 e. The van der Waals surface area contributed by atoms with Crippen LogP contribution in [-0.4, -0.2) is 9.67 Å². The van der Waals surface area contributed by atoms with Crippen molar-refractivity contribution in [3.05, 3.63) is 59.8 Å². The Kier molecular flexibility index (Phi) is 3.57. The van der Waals surface area contributed by atoms with Gasteiger partial charge in [0.05, 0.1) is 11.2 Å². The normalized spacial score (nSPS) is 11.0. The van der Waals surface area contributed by atoms with Gasteiger partial charge in [0.15, 0.2) is 0 Å². The van der Waals surface area contributed by atoms with Crippen molar-refractivity contribution < 1.29 is 9.84 Å². The van der Waals surface area contributed by atoms with Crippen LogP contribution in [0.1, 0.15) is 18.2 Å². The molecule has 1 aromatic heterocycles. The van der Waals surface area contributed by atoms with E-state index in [4.69, 9.17) is 4.74 Å². The number of benzene rings is 2. The monoisotopic (exact) mass is 281 g/mol. The van der Waals surface area contributed by atoms with E-state index in [-0.39, 0.29) is 0 Å². The van der Waals surface area contributed by atoms with E-state index in [1.807, 2.05) is 49.4 Å². The number of phenols is 1. The first kappa shape index (κ1) is 13.6. The molecule has 1 N–H and O–H groups in total. The molecule has 3 aromatic rings. The summed E-state index contributed by atoms with van der Waals surface area (Å²) >= 11 is 0. The molecule has 21 heavy (non-hydrogen) atoms. The summed E-state index contributed by atoms with van der Waals surface area (Å²) < 4.78 is 8.05. The predicted molar refractivity (Wildman–Crippen MR) is 84.8 cm³/mol. The summed E-state index contributed by atoms with van der Waals surface area (Å²) in [7, 11) is 0. The number of phenolic OH excluding ortho intramolecular Hbond substituents is 1. The van der Waals surface area contributed by atoms with Crippen LogP contribution in [0.25, 0.3) is 10.9 Å². The van der Waals surface area contributed by atoms with E-state index in [1.165, 1.54) is 5.56 Å². The Morgan fingerprint density at radius 1 is 1.10 bits per heavy atom. The fourth-order valence-electron chi connectivity index (χ4n) is 2.68. The van der Waals surface area contributed by atoms with Gasteiger partial charge in [0.1, 0.15) is 18.1 Å². The molecule has 0 aliphatic heterocycles. The van der Waals surface area contributed by atoms with Crippen LogP contribution in [0, 0.1) is 6.92 Å². The summed E-state index contributed by atoms with van der Waals surface area (Å²) in [5, 5.41) is 10.8. The lowest BCUT2D eigenvalue weighted by Crippen LogP contribution is -2.04. The summed E-state index contributed by atoms with van der Waals surface area (Å²) in [6, 6.07) is 15.6. The molecule has 3 nitrogen and oxygen atoms in total. The molecule has 0 unspecified atom stereocenters. The lowest BCUT2D eigenvalue weighted by Gasteiger charge is -2.10. The summed E-state index contributed by atoms with van der Waals surface area (Å²) in [6.07, 6.45) is 0. The van der Waals surface area contributed by atoms with Crippen LogP contribution < -0.4 is 4.74 Å². The minimum atomic E-state index is 0.316. The molecule has 0 spiro atoms. The molecule has 0 bridgehead atoms. The molecule has 0 fully saturated rings. The Hall–Kier alpha value is -2.42. The number of aryl methyl sites for hydroxylation is 2. The third-order valence-corrected chi connectivity index (χ3v) is 3.70. The van der Waals surface area contributed by atoms with Gasteiger partial charge in [-0.2, -0.15) is 0 Å². The average molecular weight is 281 g/mol. The SMILES string of the molecule is CCn1c(COc2cccc(C)c2)cc2c(O)cccc21. The number of rotatable bonds is 4. The Labute approximate surface area is 124 Å². The average Bonchev–Trinajstić information content (AvgIpc) is 2.84. The van der Waals surface area contributed by atoms with Crippen molar-refractivity contribution in [2.45, 2.75) is 27.0 Å². The van der Waals surface area contributed by atoms with Crippen molar-refractivity contribution in [1.82, 2.24) is 4.57 Å². The first-order valence-electron chi connectivity index (χ1n) is 7.18. The molecule has 1 heterocycles. The van der Waals surface area contributed by atoms with Crippen LogP contribution in [0.3, 0.4) is 0 Å². The molecular weight excluding hydrogens is 262 g/mol. The summed E-state index contributed by atoms with van der Waals surface area (Å²) in [5.41, 5.74) is 3.29. The topological polar surface area (TPSA) is 34.4 Å². The zero-order chi connectivity index (χ0) is 14.8. The predicted octanol–water partition coefficient (Wildman–Crippen LogP) is 4.25. The van der Waals surface area contributed by atoms with Crippen LogP contribution in [0.2, 0.25) is 0 Å². The Morgan fingerprint density at radius 2 is 1.90 bits per heavy atom. The fraction of sp³-hybridized carbons (Fsp3) is 0.222. The van der Waals surface area contributed by atoms with Crippen molar-refractivity contribution in [2.24, 2.45) is 0 Å². The standard InChI is InChI=1S/C18H19NO2/c1-3-19-14(11-16-17(19)8-5-9-18(16)20)12-21-15-7-4-6-13(2)10-15/h4-11,20H,3,12H2,1-2H3. The van der Waals surface area contributed by atoms with Gasteiger partial charge in [0, 0.05) is 11.9 Å². The van der Waals surface area contributed by atoms with Gasteiger partial charge < -0.3 is 14.4 Å². The summed E-state index contributed by atoms with van der Waals surface area (Å²) in [4.78, 5) is 0. The largest absolute Gasteiger partial charge is 0.507 e. The van der Waals surface area contributed by atoms with E-state index in [0.717, 1.165) is 28.9 Å². The van der Waals surface area contributed by atoms with Crippen LogP contribution >= 0.6 is 0 Å². The number of ether oxygens (including phenoxy) is 1. The van der Waals surface area contributed by atoms with Crippen LogP contribution in [0.5, 0.6) is 11.5 Å². The van der Waals surface area contributed by atoms with Crippen LogP contribution in [-0.2, 0) is 13.2 Å². The van der Waals surface area contributed by atoms with E-state index in [2.05, 4.69) is 11.5 Å². The molecule has 0 radical (unpaired) electrons. The zero-order valence-electron chi connectivity index (χ0n) is 12.3. The van der Waals surface area contributed by atoms with Crippen LogP contribution in [0.15, 0.2) is 48.5 Å². The van der Waals surface area contributed by atoms with Gasteiger partial charge in [0.25, 0.3) is 0 Å². The summed E-state index contributed by atoms with van der Waals surface area (Å²) in [5.74, 6) is 1.18. The molecule has 2 aromatic carbocycles. The molecular formula is C18H19NO2. The van der Waals surface area contributed by atoms with E-state index in [1.54, 1.807) is 6.07 Å². The van der Waals surface area contributed by atoms with Crippen molar-refractivity contribution in [1.29, 1.82) is 0 Å². The minimum Gasteiger partial charge on any atom is -0.507 e. The molecule has 0 saturated heterocycles. The molecule has 3 rings (SSSR count). The third kappa shape index (κ3) is 2.59. The second kappa shape index (κ2) is 5.52. The number of fused-ring (bicyclic) bond motifs is 1. The second-order valence-corrected chi connectivity index (χ2v) is 5.20. The molecule has 0 saturated carbocycles. The highest BCUT2D eigenvalue weighted by Crippen LogP contribution is 2.28. The maximum Gasteiger partial charge on any atom is 0.128 e. The number of aromatic nitrogens is 1. The van der Waals surface area contributed by atoms with E-state index in [9.17, 15) is 5.11 Å². The van der Waals surface area contributed by atoms with Gasteiger partial charge >= 0.3 is 0 Å². The van der Waals surface area contributed by atoms with E-state index in [0.29, 0.717) is 12.4 Å². The third-order valence-electron chi connectivity index (χ3n) is 3.70. The van der Waals surface area contributed by atoms with Gasteiger partial charge in [0.2, 0.25) is 0 Å². The quantitative estimate of drug-likeness (QED) is 0.775. The van der Waals surface area contributed by atoms with Crippen molar-refractivity contribution in [3.63, 3.8) is 0 Å².